The highest BCUT2D eigenvalue weighted by atomic mass is 16.5. The third-order valence-corrected chi connectivity index (χ3v) is 5.06. The van der Waals surface area contributed by atoms with Crippen LogP contribution in [0.25, 0.3) is 0 Å². The van der Waals surface area contributed by atoms with Crippen molar-refractivity contribution < 1.29 is 14.6 Å². The van der Waals surface area contributed by atoms with Gasteiger partial charge in [0.1, 0.15) is 11.7 Å². The highest BCUT2D eigenvalue weighted by Gasteiger charge is 2.33. The molecule has 0 aromatic carbocycles. The van der Waals surface area contributed by atoms with Crippen LogP contribution in [-0.2, 0) is 0 Å². The number of pyridine rings is 1. The van der Waals surface area contributed by atoms with Crippen LogP contribution in [0.2, 0.25) is 0 Å². The van der Waals surface area contributed by atoms with Gasteiger partial charge in [-0.1, -0.05) is 18.8 Å². The maximum absolute atomic E-state index is 13.2. The molecular weight excluding hydrogens is 342 g/mol. The summed E-state index contributed by atoms with van der Waals surface area (Å²) in [6, 6.07) is 1.51. The summed E-state index contributed by atoms with van der Waals surface area (Å²) in [7, 11) is 4.00. The van der Waals surface area contributed by atoms with Crippen LogP contribution < -0.4 is 4.74 Å². The molecule has 27 heavy (non-hydrogen) atoms. The molecule has 2 heterocycles. The van der Waals surface area contributed by atoms with Gasteiger partial charge in [-0.15, -0.1) is 0 Å². The molecule has 0 saturated heterocycles. The Kier molecular flexibility index (Phi) is 6.03. The molecule has 6 nitrogen and oxygen atoms in total. The second-order valence-corrected chi connectivity index (χ2v) is 8.01. The van der Waals surface area contributed by atoms with Gasteiger partial charge < -0.3 is 19.6 Å². The minimum atomic E-state index is -0.271. The number of likely N-dealkylation sites (N-methyl/N-ethyl adjacent to an activating group) is 1. The Morgan fingerprint density at radius 2 is 2.19 bits per heavy atom. The van der Waals surface area contributed by atoms with Gasteiger partial charge in [-0.3, -0.25) is 4.79 Å². The maximum atomic E-state index is 13.2. The average Bonchev–Trinajstić information content (AvgIpc) is 3.46. The molecule has 1 fully saturated rings. The summed E-state index contributed by atoms with van der Waals surface area (Å²) in [5.74, 6) is 7.11. The van der Waals surface area contributed by atoms with E-state index in [4.69, 9.17) is 4.74 Å². The van der Waals surface area contributed by atoms with Gasteiger partial charge in [0.2, 0.25) is 5.88 Å². The van der Waals surface area contributed by atoms with Gasteiger partial charge in [-0.05, 0) is 39.9 Å². The lowest BCUT2D eigenvalue weighted by atomic mass is 10.00. The van der Waals surface area contributed by atoms with E-state index in [2.05, 4.69) is 28.6 Å². The number of carbonyl (C=O) groups excluding carboxylic acids is 1. The van der Waals surface area contributed by atoms with Crippen LogP contribution in [0.15, 0.2) is 12.3 Å². The molecule has 3 atom stereocenters. The van der Waals surface area contributed by atoms with Crippen molar-refractivity contribution in [2.24, 2.45) is 11.8 Å². The van der Waals surface area contributed by atoms with Gasteiger partial charge in [0.25, 0.3) is 5.91 Å². The van der Waals surface area contributed by atoms with Crippen molar-refractivity contribution in [3.05, 3.63) is 23.4 Å². The molecule has 0 bridgehead atoms. The molecule has 3 rings (SSSR count). The van der Waals surface area contributed by atoms with Gasteiger partial charge in [0.15, 0.2) is 0 Å². The molecule has 2 aliphatic rings. The molecule has 0 spiro atoms. The third kappa shape index (κ3) is 4.79. The van der Waals surface area contributed by atoms with Gasteiger partial charge in [-0.2, -0.15) is 0 Å². The van der Waals surface area contributed by atoms with Crippen LogP contribution >= 0.6 is 0 Å². The number of nitrogens with zero attached hydrogens (tertiary/aromatic N) is 3. The molecule has 1 aliphatic carbocycles. The van der Waals surface area contributed by atoms with E-state index in [1.54, 1.807) is 17.2 Å². The Balaban J connectivity index is 1.98. The molecule has 1 amide bonds. The summed E-state index contributed by atoms with van der Waals surface area (Å²) < 4.78 is 6.17. The van der Waals surface area contributed by atoms with Gasteiger partial charge in [0.05, 0.1) is 12.6 Å². The lowest BCUT2D eigenvalue weighted by Gasteiger charge is -2.37. The number of ether oxygens (including phenoxy) is 1. The fraction of sp³-hybridized carbons (Fsp3) is 0.619. The highest BCUT2D eigenvalue weighted by Crippen LogP contribution is 2.29. The number of aliphatic hydroxyl groups is 1. The van der Waals surface area contributed by atoms with E-state index in [1.165, 1.54) is 0 Å². The van der Waals surface area contributed by atoms with Crippen molar-refractivity contribution in [2.75, 3.05) is 33.8 Å². The Hall–Kier alpha value is -2.10. The van der Waals surface area contributed by atoms with Gasteiger partial charge >= 0.3 is 0 Å². The molecule has 0 radical (unpaired) electrons. The molecule has 1 saturated carbocycles. The average molecular weight is 371 g/mol. The smallest absolute Gasteiger partial charge is 0.259 e. The minimum absolute atomic E-state index is 0.0817. The maximum Gasteiger partial charge on any atom is 0.259 e. The number of amides is 1. The number of rotatable bonds is 4. The molecule has 0 unspecified atom stereocenters. The Labute approximate surface area is 161 Å². The summed E-state index contributed by atoms with van der Waals surface area (Å²) >= 11 is 0. The molecule has 1 aromatic heterocycles. The zero-order chi connectivity index (χ0) is 19.6. The van der Waals surface area contributed by atoms with E-state index in [1.807, 2.05) is 21.0 Å². The number of aliphatic hydroxyl groups excluding tert-OH is 1. The Bertz CT molecular complexity index is 749. The van der Waals surface area contributed by atoms with E-state index >= 15 is 0 Å². The SMILES string of the molecule is C[C@@H]1CN([C@@H](C)CO)C(=O)c2cc(C#CC3CC3)cnc2O[C@H]1CN(C)C. The van der Waals surface area contributed by atoms with Gasteiger partial charge in [-0.25, -0.2) is 4.98 Å². The van der Waals surface area contributed by atoms with Crippen LogP contribution in [0.5, 0.6) is 5.88 Å². The monoisotopic (exact) mass is 371 g/mol. The van der Waals surface area contributed by atoms with Crippen molar-refractivity contribution in [1.29, 1.82) is 0 Å². The number of fused-ring (bicyclic) bond motifs is 1. The first kappa shape index (κ1) is 19.7. The van der Waals surface area contributed by atoms with Crippen molar-refractivity contribution in [3.8, 4) is 17.7 Å². The fourth-order valence-electron chi connectivity index (χ4n) is 3.16. The van der Waals surface area contributed by atoms with E-state index in [0.29, 0.717) is 23.9 Å². The Morgan fingerprint density at radius 3 is 2.81 bits per heavy atom. The second-order valence-electron chi connectivity index (χ2n) is 8.01. The topological polar surface area (TPSA) is 65.9 Å². The summed E-state index contributed by atoms with van der Waals surface area (Å²) in [6.07, 6.45) is 3.88. The van der Waals surface area contributed by atoms with Crippen LogP contribution in [-0.4, -0.2) is 71.7 Å². The minimum Gasteiger partial charge on any atom is -0.472 e. The largest absolute Gasteiger partial charge is 0.472 e. The quantitative estimate of drug-likeness (QED) is 0.815. The molecule has 6 heteroatoms. The third-order valence-electron chi connectivity index (χ3n) is 5.06. The predicted octanol–water partition coefficient (Wildman–Crippen LogP) is 1.62. The zero-order valence-electron chi connectivity index (χ0n) is 16.6. The van der Waals surface area contributed by atoms with Crippen LogP contribution in [0.3, 0.4) is 0 Å². The normalized spacial score (nSPS) is 23.6. The summed E-state index contributed by atoms with van der Waals surface area (Å²) in [5.41, 5.74) is 1.15. The van der Waals surface area contributed by atoms with Gasteiger partial charge in [0, 0.05) is 36.7 Å². The molecular formula is C21H29N3O3. The van der Waals surface area contributed by atoms with Crippen molar-refractivity contribution in [3.63, 3.8) is 0 Å². The zero-order valence-corrected chi connectivity index (χ0v) is 16.6. The standard InChI is InChI=1S/C21H29N3O3/c1-14-11-24(15(2)13-25)21(26)18-9-17(8-7-16-5-6-16)10-22-20(18)27-19(14)12-23(3)4/h9-10,14-16,19,25H,5-6,11-13H2,1-4H3/t14-,15+,19+/m1/s1. The van der Waals surface area contributed by atoms with E-state index < -0.39 is 0 Å². The molecule has 146 valence electrons. The fourth-order valence-corrected chi connectivity index (χ4v) is 3.16. The number of aromatic nitrogens is 1. The molecule has 1 N–H and O–H groups in total. The van der Waals surface area contributed by atoms with Crippen molar-refractivity contribution in [2.45, 2.75) is 38.8 Å². The van der Waals surface area contributed by atoms with Crippen LogP contribution in [0, 0.1) is 23.7 Å². The summed E-state index contributed by atoms with van der Waals surface area (Å²) in [5, 5.41) is 9.65. The summed E-state index contributed by atoms with van der Waals surface area (Å²) in [6.45, 7) is 5.09. The van der Waals surface area contributed by atoms with Crippen LogP contribution in [0.4, 0.5) is 0 Å². The van der Waals surface area contributed by atoms with E-state index in [0.717, 1.165) is 24.9 Å². The van der Waals surface area contributed by atoms with Crippen molar-refractivity contribution >= 4 is 5.91 Å². The highest BCUT2D eigenvalue weighted by molar-refractivity contribution is 5.97. The molecule has 1 aliphatic heterocycles. The van der Waals surface area contributed by atoms with Crippen molar-refractivity contribution in [1.82, 2.24) is 14.8 Å². The number of carbonyl (C=O) groups is 1. The lowest BCUT2D eigenvalue weighted by molar-refractivity contribution is 0.0348. The number of hydrogen-bond acceptors (Lipinski definition) is 5. The lowest BCUT2D eigenvalue weighted by Crippen LogP contribution is -2.49. The van der Waals surface area contributed by atoms with E-state index in [9.17, 15) is 9.90 Å². The van der Waals surface area contributed by atoms with Crippen LogP contribution in [0.1, 0.15) is 42.6 Å². The molecule has 1 aromatic rings. The first-order valence-corrected chi connectivity index (χ1v) is 9.63. The Morgan fingerprint density at radius 1 is 1.44 bits per heavy atom. The first-order chi connectivity index (χ1) is 12.9. The second kappa shape index (κ2) is 8.28. The summed E-state index contributed by atoms with van der Waals surface area (Å²) in [4.78, 5) is 21.4. The number of hydrogen-bond donors (Lipinski definition) is 1. The van der Waals surface area contributed by atoms with E-state index in [-0.39, 0.29) is 30.6 Å². The first-order valence-electron chi connectivity index (χ1n) is 9.63. The predicted molar refractivity (Wildman–Crippen MR) is 104 cm³/mol.